The molecule has 3 rings (SSSR count). The number of hydrogen-bond acceptors (Lipinski definition) is 7. The summed E-state index contributed by atoms with van der Waals surface area (Å²) >= 11 is 0. The van der Waals surface area contributed by atoms with Gasteiger partial charge in [-0.1, -0.05) is 17.7 Å². The van der Waals surface area contributed by atoms with Crippen LogP contribution in [0.3, 0.4) is 0 Å². The third-order valence-electron chi connectivity index (χ3n) is 4.04. The zero-order valence-corrected chi connectivity index (χ0v) is 15.1. The van der Waals surface area contributed by atoms with Crippen molar-refractivity contribution in [3.63, 3.8) is 0 Å². The summed E-state index contributed by atoms with van der Waals surface area (Å²) in [5.74, 6) is 0. The molecule has 0 saturated heterocycles. The molecule has 1 aliphatic heterocycles. The summed E-state index contributed by atoms with van der Waals surface area (Å²) in [7, 11) is -3.89. The average Bonchev–Trinajstić information content (AvgIpc) is 3.04. The minimum absolute atomic E-state index is 0.0544. The summed E-state index contributed by atoms with van der Waals surface area (Å²) in [6, 6.07) is 10.9. The summed E-state index contributed by atoms with van der Waals surface area (Å²) in [5, 5.41) is 20.3. The first kappa shape index (κ1) is 18.8. The zero-order valence-electron chi connectivity index (χ0n) is 14.3. The van der Waals surface area contributed by atoms with E-state index in [1.165, 1.54) is 36.4 Å². The first-order valence-electron chi connectivity index (χ1n) is 7.99. The molecule has 0 radical (unpaired) electrons. The first-order chi connectivity index (χ1) is 12.8. The van der Waals surface area contributed by atoms with Gasteiger partial charge in [-0.2, -0.15) is 0 Å². The normalized spacial score (nSPS) is 19.3. The number of aryl methyl sites for hydroxylation is 1. The Morgan fingerprint density at radius 1 is 1.19 bits per heavy atom. The van der Waals surface area contributed by atoms with Crippen molar-refractivity contribution < 1.29 is 23.2 Å². The molecule has 2 aromatic carbocycles. The maximum atomic E-state index is 12.4. The summed E-state index contributed by atoms with van der Waals surface area (Å²) in [6.07, 6.45) is -0.758. The average molecular weight is 391 g/mol. The van der Waals surface area contributed by atoms with Gasteiger partial charge in [0.1, 0.15) is 6.04 Å². The van der Waals surface area contributed by atoms with E-state index < -0.39 is 27.1 Å². The van der Waals surface area contributed by atoms with E-state index in [1.807, 2.05) is 6.92 Å². The van der Waals surface area contributed by atoms with Gasteiger partial charge in [-0.05, 0) is 36.8 Å². The van der Waals surface area contributed by atoms with Crippen LogP contribution in [-0.2, 0) is 14.8 Å². The Bertz CT molecular complexity index is 971. The van der Waals surface area contributed by atoms with Crippen LogP contribution in [0.15, 0.2) is 58.4 Å². The van der Waals surface area contributed by atoms with Crippen LogP contribution in [0.1, 0.15) is 17.2 Å². The Balaban J connectivity index is 1.78. The second kappa shape index (κ2) is 7.33. The number of hydrogen-bond donors (Lipinski definition) is 2. The van der Waals surface area contributed by atoms with Gasteiger partial charge in [0.2, 0.25) is 0 Å². The molecule has 1 heterocycles. The van der Waals surface area contributed by atoms with Gasteiger partial charge >= 0.3 is 0 Å². The fourth-order valence-corrected chi connectivity index (χ4v) is 3.54. The molecule has 2 N–H and O–H groups in total. The number of aliphatic imine (C=N–C) groups is 1. The Morgan fingerprint density at radius 3 is 2.37 bits per heavy atom. The van der Waals surface area contributed by atoms with Crippen molar-refractivity contribution >= 4 is 21.7 Å². The van der Waals surface area contributed by atoms with Crippen molar-refractivity contribution in [3.05, 3.63) is 69.8 Å². The Labute approximate surface area is 155 Å². The van der Waals surface area contributed by atoms with Crippen molar-refractivity contribution in [1.29, 1.82) is 0 Å². The fourth-order valence-electron chi connectivity index (χ4n) is 2.60. The predicted molar refractivity (Wildman–Crippen MR) is 96.7 cm³/mol. The highest BCUT2D eigenvalue weighted by Gasteiger charge is 2.34. The van der Waals surface area contributed by atoms with Crippen molar-refractivity contribution in [2.75, 3.05) is 6.61 Å². The van der Waals surface area contributed by atoms with E-state index in [9.17, 15) is 23.6 Å². The molecule has 1 aliphatic rings. The summed E-state index contributed by atoms with van der Waals surface area (Å²) in [4.78, 5) is 14.4. The van der Waals surface area contributed by atoms with E-state index in [4.69, 9.17) is 4.74 Å². The third-order valence-corrected chi connectivity index (χ3v) is 5.38. The largest absolute Gasteiger partial charge is 0.454 e. The van der Waals surface area contributed by atoms with Crippen LogP contribution in [0.5, 0.6) is 0 Å². The highest BCUT2D eigenvalue weighted by atomic mass is 32.2. The van der Waals surface area contributed by atoms with Gasteiger partial charge in [-0.15, -0.1) is 0 Å². The molecule has 0 amide bonds. The van der Waals surface area contributed by atoms with Gasteiger partial charge < -0.3 is 9.84 Å². The van der Waals surface area contributed by atoms with Gasteiger partial charge in [-0.3, -0.25) is 10.1 Å². The van der Waals surface area contributed by atoms with Gasteiger partial charge in [-0.25, -0.2) is 18.1 Å². The summed E-state index contributed by atoms with van der Waals surface area (Å²) in [6.45, 7) is 1.46. The number of nitro groups is 1. The van der Waals surface area contributed by atoms with Gasteiger partial charge in [0.25, 0.3) is 21.7 Å². The van der Waals surface area contributed by atoms with E-state index in [1.54, 1.807) is 12.1 Å². The molecule has 0 bridgehead atoms. The highest BCUT2D eigenvalue weighted by molar-refractivity contribution is 7.90. The lowest BCUT2D eigenvalue weighted by Gasteiger charge is -2.16. The predicted octanol–water partition coefficient (Wildman–Crippen LogP) is 1.67. The molecule has 9 nitrogen and oxygen atoms in total. The lowest BCUT2D eigenvalue weighted by atomic mass is 10.0. The number of nitrogens with zero attached hydrogens (tertiary/aromatic N) is 2. The number of non-ortho nitro benzene ring substituents is 1. The molecule has 2 atom stereocenters. The van der Waals surface area contributed by atoms with Crippen molar-refractivity contribution in [1.82, 2.24) is 4.72 Å². The van der Waals surface area contributed by atoms with Crippen LogP contribution < -0.4 is 4.72 Å². The number of aliphatic hydroxyl groups excluding tert-OH is 1. The number of nitro benzene ring substituents is 1. The number of sulfonamides is 1. The maximum absolute atomic E-state index is 12.4. The SMILES string of the molecule is Cc1ccc(S(=O)(=O)NC2=N[C@@H](CO)[C@H](c3ccc([N+](=O)[O-])cc3)O2)cc1. The van der Waals surface area contributed by atoms with Crippen LogP contribution in [-0.4, -0.2) is 37.1 Å². The molecule has 0 aromatic heterocycles. The van der Waals surface area contributed by atoms with Crippen LogP contribution in [0.2, 0.25) is 0 Å². The smallest absolute Gasteiger partial charge is 0.300 e. The minimum atomic E-state index is -3.89. The van der Waals surface area contributed by atoms with E-state index in [0.717, 1.165) is 5.56 Å². The first-order valence-corrected chi connectivity index (χ1v) is 9.47. The molecular formula is C17H17N3O6S. The van der Waals surface area contributed by atoms with Crippen LogP contribution in [0.4, 0.5) is 5.69 Å². The number of ether oxygens (including phenoxy) is 1. The second-order valence-corrected chi connectivity index (χ2v) is 7.67. The number of benzene rings is 2. The highest BCUT2D eigenvalue weighted by Crippen LogP contribution is 2.30. The monoisotopic (exact) mass is 391 g/mol. The van der Waals surface area contributed by atoms with Crippen molar-refractivity contribution in [3.8, 4) is 0 Å². The lowest BCUT2D eigenvalue weighted by Crippen LogP contribution is -2.31. The molecule has 0 saturated carbocycles. The number of rotatable bonds is 5. The van der Waals surface area contributed by atoms with Crippen molar-refractivity contribution in [2.24, 2.45) is 4.99 Å². The fraction of sp³-hybridized carbons (Fsp3) is 0.235. The van der Waals surface area contributed by atoms with Crippen molar-refractivity contribution in [2.45, 2.75) is 24.0 Å². The number of amidine groups is 1. The second-order valence-electron chi connectivity index (χ2n) is 5.99. The van der Waals surface area contributed by atoms with Crippen LogP contribution in [0.25, 0.3) is 0 Å². The Hall–Kier alpha value is -2.98. The molecular weight excluding hydrogens is 374 g/mol. The van der Waals surface area contributed by atoms with Crippen LogP contribution in [0, 0.1) is 17.0 Å². The Morgan fingerprint density at radius 2 is 1.81 bits per heavy atom. The minimum Gasteiger partial charge on any atom is -0.454 e. The molecule has 0 unspecified atom stereocenters. The van der Waals surface area contributed by atoms with E-state index >= 15 is 0 Å². The number of aliphatic hydroxyl groups is 1. The molecule has 2 aromatic rings. The molecule has 142 valence electrons. The third kappa shape index (κ3) is 4.07. The van der Waals surface area contributed by atoms with Gasteiger partial charge in [0.15, 0.2) is 6.10 Å². The quantitative estimate of drug-likeness (QED) is 0.589. The van der Waals surface area contributed by atoms with E-state index in [2.05, 4.69) is 9.71 Å². The Kier molecular flexibility index (Phi) is 5.10. The molecule has 0 fully saturated rings. The lowest BCUT2D eigenvalue weighted by molar-refractivity contribution is -0.384. The zero-order chi connectivity index (χ0) is 19.6. The molecule has 27 heavy (non-hydrogen) atoms. The standard InChI is InChI=1S/C17H17N3O6S/c1-11-2-8-14(9-3-11)27(24,25)19-17-18-15(10-21)16(26-17)12-4-6-13(7-5-12)20(22)23/h2-9,15-16,21H,10H2,1H3,(H,18,19)/t15-,16-/m0/s1. The van der Waals surface area contributed by atoms with Gasteiger partial charge in [0, 0.05) is 12.1 Å². The topological polar surface area (TPSA) is 131 Å². The van der Waals surface area contributed by atoms with Gasteiger partial charge in [0.05, 0.1) is 16.4 Å². The summed E-state index contributed by atoms with van der Waals surface area (Å²) in [5.41, 5.74) is 1.37. The number of nitrogens with one attached hydrogen (secondary N) is 1. The maximum Gasteiger partial charge on any atom is 0.300 e. The van der Waals surface area contributed by atoms with E-state index in [-0.39, 0.29) is 23.2 Å². The van der Waals surface area contributed by atoms with E-state index in [0.29, 0.717) is 5.56 Å². The molecule has 0 aliphatic carbocycles. The molecule has 10 heteroatoms. The molecule has 0 spiro atoms. The van der Waals surface area contributed by atoms with Crippen LogP contribution >= 0.6 is 0 Å². The summed E-state index contributed by atoms with van der Waals surface area (Å²) < 4.78 is 32.7.